The highest BCUT2D eigenvalue weighted by Crippen LogP contribution is 2.36. The number of ether oxygens (including phenoxy) is 1. The Morgan fingerprint density at radius 2 is 2.16 bits per heavy atom. The molecule has 0 saturated carbocycles. The van der Waals surface area contributed by atoms with E-state index >= 15 is 0 Å². The first-order chi connectivity index (χ1) is 9.25. The number of rotatable bonds is 1. The second kappa shape index (κ2) is 4.76. The van der Waals surface area contributed by atoms with Crippen molar-refractivity contribution in [2.75, 3.05) is 23.8 Å². The summed E-state index contributed by atoms with van der Waals surface area (Å²) < 4.78 is 5.75. The van der Waals surface area contributed by atoms with Crippen LogP contribution in [0.1, 0.15) is 12.0 Å². The van der Waals surface area contributed by atoms with Gasteiger partial charge in [-0.05, 0) is 25.5 Å². The third-order valence-electron chi connectivity index (χ3n) is 3.16. The average molecular weight is 256 g/mol. The highest BCUT2D eigenvalue weighted by Gasteiger charge is 2.20. The Labute approximate surface area is 112 Å². The molecule has 2 aromatic rings. The predicted octanol–water partition coefficient (Wildman–Crippen LogP) is 2.29. The van der Waals surface area contributed by atoms with Gasteiger partial charge in [0.15, 0.2) is 0 Å². The van der Waals surface area contributed by atoms with Gasteiger partial charge in [-0.25, -0.2) is 4.98 Å². The molecular formula is C14H16N4O. The van der Waals surface area contributed by atoms with Crippen LogP contribution in [-0.4, -0.2) is 23.1 Å². The van der Waals surface area contributed by atoms with Crippen molar-refractivity contribution < 1.29 is 4.74 Å². The minimum absolute atomic E-state index is 0.295. The quantitative estimate of drug-likeness (QED) is 0.848. The Hall–Kier alpha value is -2.30. The highest BCUT2D eigenvalue weighted by atomic mass is 16.5. The molecule has 0 aliphatic carbocycles. The van der Waals surface area contributed by atoms with E-state index in [0.717, 1.165) is 35.8 Å². The maximum Gasteiger partial charge on any atom is 0.221 e. The van der Waals surface area contributed by atoms with Crippen LogP contribution in [0.15, 0.2) is 30.5 Å². The molecular weight excluding hydrogens is 240 g/mol. The molecule has 0 radical (unpaired) electrons. The summed E-state index contributed by atoms with van der Waals surface area (Å²) >= 11 is 0. The van der Waals surface area contributed by atoms with Gasteiger partial charge in [-0.1, -0.05) is 12.1 Å². The van der Waals surface area contributed by atoms with Crippen LogP contribution in [0.5, 0.6) is 5.75 Å². The zero-order chi connectivity index (χ0) is 13.2. The number of anilines is 3. The Bertz CT molecular complexity index is 600. The van der Waals surface area contributed by atoms with Gasteiger partial charge in [0.25, 0.3) is 0 Å². The molecule has 0 fully saturated rings. The standard InChI is InChI=1S/C14H16N4O/c1-10-9-16-14(15)17-13(10)18-7-4-8-19-12-6-3-2-5-11(12)18/h2-3,5-6,9H,4,7-8H2,1H3,(H2,15,16,17). The van der Waals surface area contributed by atoms with E-state index < -0.39 is 0 Å². The number of para-hydroxylation sites is 2. The summed E-state index contributed by atoms with van der Waals surface area (Å²) in [5, 5.41) is 0. The van der Waals surface area contributed by atoms with Gasteiger partial charge in [0.05, 0.1) is 12.3 Å². The summed E-state index contributed by atoms with van der Waals surface area (Å²) in [5.41, 5.74) is 7.75. The van der Waals surface area contributed by atoms with E-state index in [1.54, 1.807) is 6.20 Å². The SMILES string of the molecule is Cc1cnc(N)nc1N1CCCOc2ccccc21. The Kier molecular flexibility index (Phi) is 2.95. The summed E-state index contributed by atoms with van der Waals surface area (Å²) in [6.07, 6.45) is 2.70. The predicted molar refractivity (Wildman–Crippen MR) is 74.7 cm³/mol. The van der Waals surface area contributed by atoms with Gasteiger partial charge in [0, 0.05) is 18.3 Å². The molecule has 0 amide bonds. The van der Waals surface area contributed by atoms with Crippen molar-refractivity contribution in [3.63, 3.8) is 0 Å². The Morgan fingerprint density at radius 3 is 3.05 bits per heavy atom. The second-order valence-corrected chi connectivity index (χ2v) is 4.56. The van der Waals surface area contributed by atoms with E-state index in [2.05, 4.69) is 14.9 Å². The maximum atomic E-state index is 5.75. The van der Waals surface area contributed by atoms with Crippen LogP contribution in [0.25, 0.3) is 0 Å². The van der Waals surface area contributed by atoms with E-state index in [-0.39, 0.29) is 0 Å². The van der Waals surface area contributed by atoms with Crippen molar-refractivity contribution >= 4 is 17.5 Å². The second-order valence-electron chi connectivity index (χ2n) is 4.56. The molecule has 0 atom stereocenters. The van der Waals surface area contributed by atoms with Crippen LogP contribution in [0.3, 0.4) is 0 Å². The lowest BCUT2D eigenvalue weighted by molar-refractivity contribution is 0.322. The maximum absolute atomic E-state index is 5.75. The number of aromatic nitrogens is 2. The van der Waals surface area contributed by atoms with Crippen LogP contribution < -0.4 is 15.4 Å². The molecule has 98 valence electrons. The summed E-state index contributed by atoms with van der Waals surface area (Å²) in [6.45, 7) is 3.56. The van der Waals surface area contributed by atoms with Crippen molar-refractivity contribution in [3.8, 4) is 5.75 Å². The van der Waals surface area contributed by atoms with Gasteiger partial charge in [-0.2, -0.15) is 4.98 Å². The van der Waals surface area contributed by atoms with Crippen LogP contribution in [0, 0.1) is 6.92 Å². The van der Waals surface area contributed by atoms with Crippen molar-refractivity contribution in [1.82, 2.24) is 9.97 Å². The monoisotopic (exact) mass is 256 g/mol. The largest absolute Gasteiger partial charge is 0.491 e. The van der Waals surface area contributed by atoms with Gasteiger partial charge in [-0.3, -0.25) is 0 Å². The van der Waals surface area contributed by atoms with Crippen LogP contribution in [0.2, 0.25) is 0 Å². The normalized spacial score (nSPS) is 14.5. The molecule has 19 heavy (non-hydrogen) atoms. The lowest BCUT2D eigenvalue weighted by Gasteiger charge is -2.24. The fraction of sp³-hybridized carbons (Fsp3) is 0.286. The molecule has 5 nitrogen and oxygen atoms in total. The van der Waals surface area contributed by atoms with E-state index in [4.69, 9.17) is 10.5 Å². The fourth-order valence-corrected chi connectivity index (χ4v) is 2.27. The van der Waals surface area contributed by atoms with Gasteiger partial charge in [-0.15, -0.1) is 0 Å². The van der Waals surface area contributed by atoms with E-state index in [1.807, 2.05) is 31.2 Å². The number of nitrogen functional groups attached to an aromatic ring is 1. The number of nitrogens with two attached hydrogens (primary N) is 1. The summed E-state index contributed by atoms with van der Waals surface area (Å²) in [6, 6.07) is 8.00. The van der Waals surface area contributed by atoms with E-state index in [1.165, 1.54) is 0 Å². The lowest BCUT2D eigenvalue weighted by Crippen LogP contribution is -2.20. The highest BCUT2D eigenvalue weighted by molar-refractivity contribution is 5.69. The first-order valence-electron chi connectivity index (χ1n) is 6.34. The molecule has 0 unspecified atom stereocenters. The van der Waals surface area contributed by atoms with Gasteiger partial charge < -0.3 is 15.4 Å². The molecule has 0 spiro atoms. The number of hydrogen-bond acceptors (Lipinski definition) is 5. The molecule has 2 N–H and O–H groups in total. The van der Waals surface area contributed by atoms with E-state index in [9.17, 15) is 0 Å². The van der Waals surface area contributed by atoms with Crippen molar-refractivity contribution in [3.05, 3.63) is 36.0 Å². The van der Waals surface area contributed by atoms with E-state index in [0.29, 0.717) is 12.6 Å². The Morgan fingerprint density at radius 1 is 1.32 bits per heavy atom. The Balaban J connectivity index is 2.11. The first-order valence-corrected chi connectivity index (χ1v) is 6.34. The van der Waals surface area contributed by atoms with Crippen LogP contribution in [-0.2, 0) is 0 Å². The summed E-state index contributed by atoms with van der Waals surface area (Å²) in [4.78, 5) is 10.5. The average Bonchev–Trinajstić information content (AvgIpc) is 2.64. The molecule has 5 heteroatoms. The molecule has 1 aliphatic heterocycles. The molecule has 1 aliphatic rings. The number of aryl methyl sites for hydroxylation is 1. The van der Waals surface area contributed by atoms with Crippen molar-refractivity contribution in [1.29, 1.82) is 0 Å². The number of benzene rings is 1. The first kappa shape index (κ1) is 11.8. The number of fused-ring (bicyclic) bond motifs is 1. The molecule has 0 saturated heterocycles. The summed E-state index contributed by atoms with van der Waals surface area (Å²) in [5.74, 6) is 2.03. The zero-order valence-corrected chi connectivity index (χ0v) is 10.8. The molecule has 1 aromatic carbocycles. The fourth-order valence-electron chi connectivity index (χ4n) is 2.27. The number of hydrogen-bond donors (Lipinski definition) is 1. The van der Waals surface area contributed by atoms with Crippen molar-refractivity contribution in [2.24, 2.45) is 0 Å². The topological polar surface area (TPSA) is 64.3 Å². The van der Waals surface area contributed by atoms with Crippen LogP contribution in [0.4, 0.5) is 17.5 Å². The molecule has 3 rings (SSSR count). The van der Waals surface area contributed by atoms with Crippen LogP contribution >= 0.6 is 0 Å². The third-order valence-corrected chi connectivity index (χ3v) is 3.16. The minimum Gasteiger partial charge on any atom is -0.491 e. The lowest BCUT2D eigenvalue weighted by atomic mass is 10.2. The summed E-state index contributed by atoms with van der Waals surface area (Å²) in [7, 11) is 0. The smallest absolute Gasteiger partial charge is 0.221 e. The van der Waals surface area contributed by atoms with Gasteiger partial charge in [0.1, 0.15) is 11.6 Å². The molecule has 1 aromatic heterocycles. The van der Waals surface area contributed by atoms with Crippen molar-refractivity contribution in [2.45, 2.75) is 13.3 Å². The molecule has 2 heterocycles. The zero-order valence-electron chi connectivity index (χ0n) is 10.8. The number of nitrogens with zero attached hydrogens (tertiary/aromatic N) is 3. The minimum atomic E-state index is 0.295. The molecule has 0 bridgehead atoms. The van der Waals surface area contributed by atoms with Gasteiger partial charge in [0.2, 0.25) is 5.95 Å². The third kappa shape index (κ3) is 2.19. The van der Waals surface area contributed by atoms with Gasteiger partial charge >= 0.3 is 0 Å².